The fraction of sp³-hybridized carbons (Fsp3) is 0.579. The van der Waals surface area contributed by atoms with Crippen LogP contribution in [0, 0.1) is 5.41 Å². The molecule has 0 radical (unpaired) electrons. The van der Waals surface area contributed by atoms with Gasteiger partial charge in [-0.15, -0.1) is 0 Å². The molecule has 28 heavy (non-hydrogen) atoms. The van der Waals surface area contributed by atoms with Gasteiger partial charge in [0, 0.05) is 37.4 Å². The standard InChI is InChI=1S/C19H26N6O2S/c1-18(2,3)27-17(26)23-16-13-4-7-22-25(13)12-19(16)5-8-24(9-6-19)14-10-21-15(28)11-20-14/h4,7,10-11,16H,5-6,8-9,12H2,1-3H3,(H,21,28)(H,23,26)/p-1/t16-/m1/s1. The Morgan fingerprint density at radius 2 is 2.04 bits per heavy atom. The molecule has 8 nitrogen and oxygen atoms in total. The number of carbonyl (C=O) groups is 1. The number of anilines is 1. The highest BCUT2D eigenvalue weighted by molar-refractivity contribution is 7.58. The van der Waals surface area contributed by atoms with Crippen molar-refractivity contribution in [2.75, 3.05) is 18.0 Å². The van der Waals surface area contributed by atoms with E-state index in [4.69, 9.17) is 17.4 Å². The molecule has 1 amide bonds. The van der Waals surface area contributed by atoms with Crippen molar-refractivity contribution in [1.82, 2.24) is 25.1 Å². The van der Waals surface area contributed by atoms with Gasteiger partial charge in [-0.05, 0) is 39.7 Å². The van der Waals surface area contributed by atoms with Crippen molar-refractivity contribution in [3.05, 3.63) is 30.4 Å². The Balaban J connectivity index is 1.50. The van der Waals surface area contributed by atoms with E-state index in [1.807, 2.05) is 31.5 Å². The number of alkyl carbamates (subject to hydrolysis) is 1. The molecule has 1 spiro atoms. The Bertz CT molecular complexity index is 852. The second kappa shape index (κ2) is 6.88. The molecule has 0 aliphatic carbocycles. The third-order valence-electron chi connectivity index (χ3n) is 5.48. The van der Waals surface area contributed by atoms with Crippen molar-refractivity contribution in [2.24, 2.45) is 5.41 Å². The predicted molar refractivity (Wildman–Crippen MR) is 106 cm³/mol. The van der Waals surface area contributed by atoms with Crippen LogP contribution in [-0.2, 0) is 23.9 Å². The van der Waals surface area contributed by atoms with Gasteiger partial charge in [0.05, 0.1) is 17.9 Å². The molecule has 2 aromatic heterocycles. The first-order valence-electron chi connectivity index (χ1n) is 9.51. The van der Waals surface area contributed by atoms with E-state index in [0.29, 0.717) is 5.03 Å². The summed E-state index contributed by atoms with van der Waals surface area (Å²) >= 11 is 5.02. The van der Waals surface area contributed by atoms with Gasteiger partial charge in [0.25, 0.3) is 0 Å². The first-order valence-corrected chi connectivity index (χ1v) is 9.92. The molecule has 0 aromatic carbocycles. The molecule has 0 saturated carbocycles. The van der Waals surface area contributed by atoms with Crippen molar-refractivity contribution in [3.8, 4) is 0 Å². The van der Waals surface area contributed by atoms with Crippen molar-refractivity contribution >= 4 is 24.5 Å². The van der Waals surface area contributed by atoms with Crippen molar-refractivity contribution in [2.45, 2.75) is 56.8 Å². The van der Waals surface area contributed by atoms with Gasteiger partial charge in [-0.2, -0.15) is 5.10 Å². The second-order valence-electron chi connectivity index (χ2n) is 8.56. The molecule has 1 N–H and O–H groups in total. The largest absolute Gasteiger partial charge is 0.759 e. The van der Waals surface area contributed by atoms with Gasteiger partial charge >= 0.3 is 6.09 Å². The van der Waals surface area contributed by atoms with Crippen molar-refractivity contribution < 1.29 is 9.53 Å². The average molecular weight is 402 g/mol. The van der Waals surface area contributed by atoms with E-state index in [1.54, 1.807) is 18.6 Å². The summed E-state index contributed by atoms with van der Waals surface area (Å²) in [5.41, 5.74) is 0.423. The number of nitrogens with one attached hydrogen (secondary N) is 1. The van der Waals surface area contributed by atoms with E-state index in [1.165, 1.54) is 0 Å². The quantitative estimate of drug-likeness (QED) is 0.774. The summed E-state index contributed by atoms with van der Waals surface area (Å²) in [6.07, 6.45) is 6.57. The number of piperidine rings is 1. The maximum absolute atomic E-state index is 12.5. The summed E-state index contributed by atoms with van der Waals surface area (Å²) in [6, 6.07) is 1.87. The Labute approximate surface area is 170 Å². The highest BCUT2D eigenvalue weighted by Crippen LogP contribution is 2.49. The lowest BCUT2D eigenvalue weighted by Crippen LogP contribution is -2.48. The molecular weight excluding hydrogens is 376 g/mol. The fourth-order valence-corrected chi connectivity index (χ4v) is 4.28. The third-order valence-corrected chi connectivity index (χ3v) is 5.69. The molecule has 4 rings (SSSR count). The molecule has 0 bridgehead atoms. The van der Waals surface area contributed by atoms with Gasteiger partial charge < -0.3 is 27.6 Å². The highest BCUT2D eigenvalue weighted by Gasteiger charge is 2.49. The molecule has 9 heteroatoms. The van der Waals surface area contributed by atoms with Crippen molar-refractivity contribution in [1.29, 1.82) is 0 Å². The monoisotopic (exact) mass is 401 g/mol. The van der Waals surface area contributed by atoms with Crippen LogP contribution < -0.4 is 10.2 Å². The second-order valence-corrected chi connectivity index (χ2v) is 8.97. The number of nitrogens with zero attached hydrogens (tertiary/aromatic N) is 5. The molecule has 0 unspecified atom stereocenters. The number of fused-ring (bicyclic) bond motifs is 1. The molecule has 2 aromatic rings. The highest BCUT2D eigenvalue weighted by atomic mass is 32.1. The van der Waals surface area contributed by atoms with Gasteiger partial charge in [-0.25, -0.2) is 9.78 Å². The Hall–Kier alpha value is -2.42. The minimum Gasteiger partial charge on any atom is -0.759 e. The number of aromatic nitrogens is 4. The van der Waals surface area contributed by atoms with Crippen LogP contribution in [0.4, 0.5) is 10.6 Å². The number of amides is 1. The SMILES string of the molecule is CC(C)(C)OC(=O)N[C@@H]1c2ccnn2CC12CCN(c1cnc([S-])cn1)CC2. The minimum atomic E-state index is -0.533. The zero-order chi connectivity index (χ0) is 19.9. The molecule has 150 valence electrons. The van der Waals surface area contributed by atoms with Crippen LogP contribution in [0.2, 0.25) is 0 Å². The van der Waals surface area contributed by atoms with E-state index < -0.39 is 5.60 Å². The van der Waals surface area contributed by atoms with E-state index in [9.17, 15) is 4.79 Å². The minimum absolute atomic E-state index is 0.0810. The van der Waals surface area contributed by atoms with Crippen LogP contribution in [0.3, 0.4) is 0 Å². The van der Waals surface area contributed by atoms with Crippen LogP contribution in [-0.4, -0.2) is 44.5 Å². The molecule has 1 saturated heterocycles. The lowest BCUT2D eigenvalue weighted by atomic mass is 9.73. The summed E-state index contributed by atoms with van der Waals surface area (Å²) in [7, 11) is 0. The normalized spacial score (nSPS) is 20.8. The molecule has 2 aliphatic heterocycles. The topological polar surface area (TPSA) is 85.2 Å². The van der Waals surface area contributed by atoms with E-state index in [-0.39, 0.29) is 17.6 Å². The third kappa shape index (κ3) is 3.63. The molecule has 4 heterocycles. The van der Waals surface area contributed by atoms with Gasteiger partial charge in [-0.3, -0.25) is 9.67 Å². The van der Waals surface area contributed by atoms with Gasteiger partial charge in [0.15, 0.2) is 0 Å². The van der Waals surface area contributed by atoms with Gasteiger partial charge in [0.2, 0.25) is 0 Å². The average Bonchev–Trinajstić information content (AvgIpc) is 3.16. The summed E-state index contributed by atoms with van der Waals surface area (Å²) < 4.78 is 7.51. The molecule has 1 atom stereocenters. The molecule has 2 aliphatic rings. The van der Waals surface area contributed by atoms with Crippen molar-refractivity contribution in [3.63, 3.8) is 0 Å². The van der Waals surface area contributed by atoms with Crippen LogP contribution >= 0.6 is 0 Å². The number of ether oxygens (including phenoxy) is 1. The van der Waals surface area contributed by atoms with E-state index in [0.717, 1.165) is 44.0 Å². The lowest BCUT2D eigenvalue weighted by molar-refractivity contribution is 0.0423. The fourth-order valence-electron chi connectivity index (χ4n) is 4.18. The summed E-state index contributed by atoms with van der Waals surface area (Å²) in [6.45, 7) is 8.07. The lowest BCUT2D eigenvalue weighted by Gasteiger charge is -2.43. The Morgan fingerprint density at radius 1 is 1.29 bits per heavy atom. The smallest absolute Gasteiger partial charge is 0.408 e. The maximum Gasteiger partial charge on any atom is 0.408 e. The number of hydrogen-bond acceptors (Lipinski definition) is 7. The van der Waals surface area contributed by atoms with E-state index >= 15 is 0 Å². The van der Waals surface area contributed by atoms with E-state index in [2.05, 4.69) is 25.3 Å². The molecule has 1 fully saturated rings. The number of hydrogen-bond donors (Lipinski definition) is 1. The van der Waals surface area contributed by atoms with Gasteiger partial charge in [0.1, 0.15) is 11.4 Å². The zero-order valence-electron chi connectivity index (χ0n) is 16.4. The van der Waals surface area contributed by atoms with Crippen LogP contribution in [0.15, 0.2) is 29.7 Å². The summed E-state index contributed by atoms with van der Waals surface area (Å²) in [5, 5.41) is 8.06. The summed E-state index contributed by atoms with van der Waals surface area (Å²) in [5.74, 6) is 0.843. The molecular formula is C19H25N6O2S-. The van der Waals surface area contributed by atoms with Crippen LogP contribution in [0.25, 0.3) is 0 Å². The van der Waals surface area contributed by atoms with Crippen LogP contribution in [0.5, 0.6) is 0 Å². The first-order chi connectivity index (χ1) is 13.3. The zero-order valence-corrected chi connectivity index (χ0v) is 17.2. The number of rotatable bonds is 2. The summed E-state index contributed by atoms with van der Waals surface area (Å²) in [4.78, 5) is 23.3. The predicted octanol–water partition coefficient (Wildman–Crippen LogP) is 2.45. The Kier molecular flexibility index (Phi) is 4.65. The number of carbonyl (C=O) groups excluding carboxylic acids is 1. The van der Waals surface area contributed by atoms with Crippen LogP contribution in [0.1, 0.15) is 45.3 Å². The van der Waals surface area contributed by atoms with Gasteiger partial charge in [-0.1, -0.05) is 5.03 Å². The Morgan fingerprint density at radius 3 is 2.68 bits per heavy atom. The first kappa shape index (κ1) is 18.9. The maximum atomic E-state index is 12.5.